The Kier molecular flexibility index (Phi) is 5.93. The number of hydrogen-bond donors (Lipinski definition) is 0. The second kappa shape index (κ2) is 7.24. The summed E-state index contributed by atoms with van der Waals surface area (Å²) >= 11 is 3.48. The van der Waals surface area contributed by atoms with E-state index < -0.39 is 0 Å². The molecular weight excluding hydrogens is 280 g/mol. The van der Waals surface area contributed by atoms with Gasteiger partial charge in [0, 0.05) is 18.9 Å². The number of rotatable bonds is 4. The van der Waals surface area contributed by atoms with Gasteiger partial charge in [0.25, 0.3) is 0 Å². The van der Waals surface area contributed by atoms with E-state index in [1.807, 2.05) is 12.1 Å². The Morgan fingerprint density at radius 1 is 1.12 bits per heavy atom. The molecule has 0 spiro atoms. The van der Waals surface area contributed by atoms with E-state index in [0.717, 1.165) is 40.8 Å². The largest absolute Gasteiger partial charge is 0.496 e. The third-order valence-electron chi connectivity index (χ3n) is 2.38. The second-order valence-corrected chi connectivity index (χ2v) is 4.36. The lowest BCUT2D eigenvalue weighted by atomic mass is 10.1. The van der Waals surface area contributed by atoms with Crippen molar-refractivity contribution in [2.45, 2.75) is 26.2 Å². The molecule has 0 amide bonds. The molecule has 2 nitrogen and oxygen atoms in total. The molecular formula is C14H17BrO2. The van der Waals surface area contributed by atoms with Gasteiger partial charge < -0.3 is 9.47 Å². The van der Waals surface area contributed by atoms with Gasteiger partial charge in [0.1, 0.15) is 11.5 Å². The van der Waals surface area contributed by atoms with Crippen molar-refractivity contribution in [3.05, 3.63) is 22.2 Å². The molecule has 92 valence electrons. The zero-order valence-electron chi connectivity index (χ0n) is 10.5. The van der Waals surface area contributed by atoms with Crippen LogP contribution in [-0.2, 0) is 6.42 Å². The Bertz CT molecular complexity index is 430. The van der Waals surface area contributed by atoms with Gasteiger partial charge in [0.15, 0.2) is 0 Å². The zero-order valence-corrected chi connectivity index (χ0v) is 12.1. The van der Waals surface area contributed by atoms with Gasteiger partial charge in [0.2, 0.25) is 0 Å². The van der Waals surface area contributed by atoms with Gasteiger partial charge in [-0.25, -0.2) is 0 Å². The van der Waals surface area contributed by atoms with E-state index >= 15 is 0 Å². The Morgan fingerprint density at radius 2 is 1.82 bits per heavy atom. The van der Waals surface area contributed by atoms with E-state index in [4.69, 9.17) is 9.47 Å². The molecule has 0 heterocycles. The molecule has 0 radical (unpaired) electrons. The number of benzene rings is 1. The zero-order chi connectivity index (χ0) is 12.7. The van der Waals surface area contributed by atoms with Crippen molar-refractivity contribution in [2.24, 2.45) is 0 Å². The van der Waals surface area contributed by atoms with Crippen LogP contribution in [0.4, 0.5) is 0 Å². The highest BCUT2D eigenvalue weighted by atomic mass is 79.9. The molecule has 1 rings (SSSR count). The normalized spacial score (nSPS) is 9.41. The molecule has 0 unspecified atom stereocenters. The van der Waals surface area contributed by atoms with Crippen LogP contribution in [0.15, 0.2) is 16.6 Å². The Morgan fingerprint density at radius 3 is 2.41 bits per heavy atom. The molecule has 17 heavy (non-hydrogen) atoms. The maximum atomic E-state index is 5.35. The minimum Gasteiger partial charge on any atom is -0.496 e. The minimum absolute atomic E-state index is 0.783. The quantitative estimate of drug-likeness (QED) is 0.787. The molecule has 3 heteroatoms. The van der Waals surface area contributed by atoms with Gasteiger partial charge in [-0.3, -0.25) is 0 Å². The Hall–Kier alpha value is -1.14. The maximum Gasteiger partial charge on any atom is 0.136 e. The minimum atomic E-state index is 0.783. The highest BCUT2D eigenvalue weighted by molar-refractivity contribution is 9.10. The lowest BCUT2D eigenvalue weighted by Gasteiger charge is -2.11. The van der Waals surface area contributed by atoms with Gasteiger partial charge in [-0.1, -0.05) is 6.92 Å². The monoisotopic (exact) mass is 296 g/mol. The Labute approximate surface area is 111 Å². The van der Waals surface area contributed by atoms with Gasteiger partial charge in [-0.2, -0.15) is 0 Å². The summed E-state index contributed by atoms with van der Waals surface area (Å²) in [5, 5.41) is 0. The van der Waals surface area contributed by atoms with E-state index in [-0.39, 0.29) is 0 Å². The molecule has 0 bridgehead atoms. The fraction of sp³-hybridized carbons (Fsp3) is 0.429. The van der Waals surface area contributed by atoms with Crippen molar-refractivity contribution in [2.75, 3.05) is 14.2 Å². The first-order valence-electron chi connectivity index (χ1n) is 5.59. The molecule has 0 aliphatic heterocycles. The van der Waals surface area contributed by atoms with Crippen LogP contribution in [0.1, 0.15) is 25.3 Å². The Balaban J connectivity index is 2.86. The van der Waals surface area contributed by atoms with Gasteiger partial charge in [0.05, 0.1) is 18.7 Å². The van der Waals surface area contributed by atoms with Crippen molar-refractivity contribution >= 4 is 15.9 Å². The highest BCUT2D eigenvalue weighted by Gasteiger charge is 2.08. The number of hydrogen-bond acceptors (Lipinski definition) is 2. The number of methoxy groups -OCH3 is 2. The van der Waals surface area contributed by atoms with Crippen LogP contribution in [-0.4, -0.2) is 14.2 Å². The average Bonchev–Trinajstić information content (AvgIpc) is 2.35. The number of halogens is 1. The van der Waals surface area contributed by atoms with Crippen LogP contribution in [0.25, 0.3) is 0 Å². The van der Waals surface area contributed by atoms with E-state index in [1.165, 1.54) is 0 Å². The first-order valence-corrected chi connectivity index (χ1v) is 6.38. The van der Waals surface area contributed by atoms with Gasteiger partial charge >= 0.3 is 0 Å². The first kappa shape index (κ1) is 13.9. The van der Waals surface area contributed by atoms with Crippen LogP contribution >= 0.6 is 15.9 Å². The smallest absolute Gasteiger partial charge is 0.136 e. The summed E-state index contributed by atoms with van der Waals surface area (Å²) < 4.78 is 11.5. The molecule has 0 N–H and O–H groups in total. The van der Waals surface area contributed by atoms with E-state index in [1.54, 1.807) is 14.2 Å². The third-order valence-corrected chi connectivity index (χ3v) is 3.00. The molecule has 0 aromatic heterocycles. The lowest BCUT2D eigenvalue weighted by molar-refractivity contribution is 0.389. The standard InChI is InChI=1S/C14H17BrO2/c1-4-5-6-7-8-11-9-12(15)14(17-3)10-13(11)16-2/h9-10H,4,7-8H2,1-3H3. The van der Waals surface area contributed by atoms with Crippen LogP contribution in [0.3, 0.4) is 0 Å². The molecule has 0 saturated heterocycles. The summed E-state index contributed by atoms with van der Waals surface area (Å²) in [5.41, 5.74) is 1.14. The number of ether oxygens (including phenoxy) is 2. The van der Waals surface area contributed by atoms with Crippen molar-refractivity contribution in [3.8, 4) is 23.3 Å². The summed E-state index contributed by atoms with van der Waals surface area (Å²) in [7, 11) is 3.32. The van der Waals surface area contributed by atoms with E-state index in [2.05, 4.69) is 34.7 Å². The summed E-state index contributed by atoms with van der Waals surface area (Å²) in [4.78, 5) is 0. The van der Waals surface area contributed by atoms with E-state index in [9.17, 15) is 0 Å². The van der Waals surface area contributed by atoms with E-state index in [0.29, 0.717) is 0 Å². The van der Waals surface area contributed by atoms with Gasteiger partial charge in [-0.05, 0) is 34.0 Å². The SMILES string of the molecule is CCC#CCCc1cc(Br)c(OC)cc1OC. The molecule has 0 aliphatic rings. The molecule has 1 aromatic rings. The topological polar surface area (TPSA) is 18.5 Å². The van der Waals surface area contributed by atoms with Crippen molar-refractivity contribution in [1.82, 2.24) is 0 Å². The van der Waals surface area contributed by atoms with Crippen LogP contribution in [0.5, 0.6) is 11.5 Å². The fourth-order valence-corrected chi connectivity index (χ4v) is 2.08. The molecule has 0 fully saturated rings. The van der Waals surface area contributed by atoms with Crippen LogP contribution in [0, 0.1) is 11.8 Å². The van der Waals surface area contributed by atoms with Crippen molar-refractivity contribution < 1.29 is 9.47 Å². The molecule has 0 atom stereocenters. The maximum absolute atomic E-state index is 5.35. The van der Waals surface area contributed by atoms with Crippen molar-refractivity contribution in [3.63, 3.8) is 0 Å². The lowest BCUT2D eigenvalue weighted by Crippen LogP contribution is -1.94. The molecule has 0 aliphatic carbocycles. The summed E-state index contributed by atoms with van der Waals surface area (Å²) in [6.07, 6.45) is 2.64. The first-order chi connectivity index (χ1) is 8.22. The highest BCUT2D eigenvalue weighted by Crippen LogP contribution is 2.33. The van der Waals surface area contributed by atoms with Crippen LogP contribution < -0.4 is 9.47 Å². The number of aryl methyl sites for hydroxylation is 1. The molecule has 1 aromatic carbocycles. The predicted octanol–water partition coefficient (Wildman–Crippen LogP) is 3.81. The second-order valence-electron chi connectivity index (χ2n) is 3.51. The summed E-state index contributed by atoms with van der Waals surface area (Å²) in [6.45, 7) is 2.05. The summed E-state index contributed by atoms with van der Waals surface area (Å²) in [5.74, 6) is 7.83. The van der Waals surface area contributed by atoms with Gasteiger partial charge in [-0.15, -0.1) is 11.8 Å². The van der Waals surface area contributed by atoms with Crippen LogP contribution in [0.2, 0.25) is 0 Å². The average molecular weight is 297 g/mol. The molecule has 0 saturated carbocycles. The summed E-state index contributed by atoms with van der Waals surface area (Å²) in [6, 6.07) is 3.93. The predicted molar refractivity (Wildman–Crippen MR) is 73.6 cm³/mol. The van der Waals surface area contributed by atoms with Crippen molar-refractivity contribution in [1.29, 1.82) is 0 Å². The fourth-order valence-electron chi connectivity index (χ4n) is 1.53. The third kappa shape index (κ3) is 3.98.